The molecule has 0 atom stereocenters. The van der Waals surface area contributed by atoms with Gasteiger partial charge in [0.2, 0.25) is 20.0 Å². The molecule has 2 heterocycles. The van der Waals surface area contributed by atoms with Crippen molar-refractivity contribution in [3.8, 4) is 11.5 Å². The highest BCUT2D eigenvalue weighted by atomic mass is 32.2. The molecule has 0 saturated carbocycles. The number of hydrogen-bond acceptors (Lipinski definition) is 7. The maximum absolute atomic E-state index is 13.6. The Balaban J connectivity index is 1.79. The minimum atomic E-state index is -3.97. The van der Waals surface area contributed by atoms with Gasteiger partial charge >= 0.3 is 0 Å². The lowest BCUT2D eigenvalue weighted by molar-refractivity contribution is 0.357. The zero-order valence-corrected chi connectivity index (χ0v) is 20.5. The summed E-state index contributed by atoms with van der Waals surface area (Å²) < 4.78 is 62.4. The molecule has 2 N–H and O–H groups in total. The fourth-order valence-corrected chi connectivity index (χ4v) is 7.24. The van der Waals surface area contributed by atoms with Gasteiger partial charge in [-0.05, 0) is 55.3 Å². The van der Waals surface area contributed by atoms with Crippen LogP contribution in [0, 0.1) is 13.8 Å². The van der Waals surface area contributed by atoms with E-state index in [2.05, 4.69) is 10.6 Å². The van der Waals surface area contributed by atoms with E-state index < -0.39 is 20.0 Å². The third-order valence-electron chi connectivity index (χ3n) is 5.75. The molecule has 180 valence electrons. The van der Waals surface area contributed by atoms with E-state index in [-0.39, 0.29) is 15.5 Å². The van der Waals surface area contributed by atoms with Crippen molar-refractivity contribution in [2.45, 2.75) is 23.6 Å². The fourth-order valence-electron chi connectivity index (χ4n) is 4.11. The molecule has 0 spiro atoms. The van der Waals surface area contributed by atoms with Crippen molar-refractivity contribution in [1.29, 1.82) is 0 Å². The summed E-state index contributed by atoms with van der Waals surface area (Å²) in [7, 11) is -7.81. The third-order valence-corrected chi connectivity index (χ3v) is 9.56. The molecule has 2 fully saturated rings. The van der Waals surface area contributed by atoms with Gasteiger partial charge in [0.15, 0.2) is 0 Å². The second-order valence-electron chi connectivity index (χ2n) is 8.34. The topological polar surface area (TPSA) is 108 Å². The highest BCUT2D eigenvalue weighted by molar-refractivity contribution is 7.90. The van der Waals surface area contributed by atoms with Crippen LogP contribution < -0.4 is 15.4 Å². The average molecular weight is 495 g/mol. The third kappa shape index (κ3) is 5.23. The first kappa shape index (κ1) is 24.1. The lowest BCUT2D eigenvalue weighted by Gasteiger charge is -2.29. The minimum absolute atomic E-state index is 0.0501. The van der Waals surface area contributed by atoms with Gasteiger partial charge in [-0.2, -0.15) is 8.61 Å². The van der Waals surface area contributed by atoms with Crippen LogP contribution in [0.5, 0.6) is 11.5 Å². The van der Waals surface area contributed by atoms with Crippen molar-refractivity contribution in [2.75, 3.05) is 52.4 Å². The molecule has 9 nitrogen and oxygen atoms in total. The van der Waals surface area contributed by atoms with Gasteiger partial charge < -0.3 is 15.4 Å². The van der Waals surface area contributed by atoms with Crippen LogP contribution in [-0.2, 0) is 20.0 Å². The first-order valence-corrected chi connectivity index (χ1v) is 13.9. The number of piperazine rings is 2. The van der Waals surface area contributed by atoms with Gasteiger partial charge in [0.05, 0.1) is 4.90 Å². The summed E-state index contributed by atoms with van der Waals surface area (Å²) in [5.41, 5.74) is 1.96. The Labute approximate surface area is 195 Å². The van der Waals surface area contributed by atoms with Gasteiger partial charge in [-0.25, -0.2) is 16.8 Å². The molecule has 0 amide bonds. The van der Waals surface area contributed by atoms with Crippen molar-refractivity contribution >= 4 is 20.0 Å². The van der Waals surface area contributed by atoms with Crippen molar-refractivity contribution < 1.29 is 21.6 Å². The molecule has 2 aliphatic rings. The molecular weight excluding hydrogens is 464 g/mol. The molecule has 0 unspecified atom stereocenters. The summed E-state index contributed by atoms with van der Waals surface area (Å²) in [6, 6.07) is 9.74. The van der Waals surface area contributed by atoms with E-state index in [1.165, 1.54) is 26.8 Å². The zero-order chi connectivity index (χ0) is 23.6. The molecule has 0 aliphatic carbocycles. The van der Waals surface area contributed by atoms with Crippen LogP contribution in [0.15, 0.2) is 46.2 Å². The standard InChI is InChI=1S/C22H30N4O5S2/c1-17-13-18(2)15-19(14-17)31-21-4-3-20(32(27,28)25-9-5-23-6-10-25)16-22(21)33(29,30)26-11-7-24-8-12-26/h3-4,13-16,23-24H,5-12H2,1-2H3. The SMILES string of the molecule is Cc1cc(C)cc(Oc2ccc(S(=O)(=O)N3CCNCC3)cc2S(=O)(=O)N2CCNCC2)c1. The van der Waals surface area contributed by atoms with Crippen molar-refractivity contribution in [3.05, 3.63) is 47.5 Å². The van der Waals surface area contributed by atoms with Gasteiger partial charge in [-0.15, -0.1) is 0 Å². The second-order valence-corrected chi connectivity index (χ2v) is 12.2. The summed E-state index contributed by atoms with van der Waals surface area (Å²) in [6.45, 7) is 7.32. The van der Waals surface area contributed by atoms with Crippen molar-refractivity contribution in [2.24, 2.45) is 0 Å². The number of ether oxygens (including phenoxy) is 1. The van der Waals surface area contributed by atoms with E-state index in [0.29, 0.717) is 58.1 Å². The predicted molar refractivity (Wildman–Crippen MR) is 126 cm³/mol. The Morgan fingerprint density at radius 2 is 1.24 bits per heavy atom. The van der Waals surface area contributed by atoms with Crippen LogP contribution in [-0.4, -0.2) is 77.8 Å². The number of benzene rings is 2. The van der Waals surface area contributed by atoms with Gasteiger partial charge in [-0.1, -0.05) is 6.07 Å². The van der Waals surface area contributed by atoms with E-state index in [4.69, 9.17) is 4.74 Å². The Morgan fingerprint density at radius 3 is 1.79 bits per heavy atom. The minimum Gasteiger partial charge on any atom is -0.456 e. The van der Waals surface area contributed by atoms with Crippen LogP contribution in [0.2, 0.25) is 0 Å². The quantitative estimate of drug-likeness (QED) is 0.623. The van der Waals surface area contributed by atoms with Gasteiger partial charge in [-0.3, -0.25) is 0 Å². The lowest BCUT2D eigenvalue weighted by Crippen LogP contribution is -2.47. The number of rotatable bonds is 6. The maximum Gasteiger partial charge on any atom is 0.246 e. The summed E-state index contributed by atoms with van der Waals surface area (Å²) in [5.74, 6) is 0.611. The van der Waals surface area contributed by atoms with E-state index in [9.17, 15) is 16.8 Å². The molecule has 2 aliphatic heterocycles. The maximum atomic E-state index is 13.6. The molecule has 2 saturated heterocycles. The van der Waals surface area contributed by atoms with Gasteiger partial charge in [0, 0.05) is 52.4 Å². The molecule has 2 aromatic carbocycles. The zero-order valence-electron chi connectivity index (χ0n) is 18.9. The molecular formula is C22H30N4O5S2. The Bertz CT molecular complexity index is 1200. The smallest absolute Gasteiger partial charge is 0.246 e. The Morgan fingerprint density at radius 1 is 0.727 bits per heavy atom. The molecule has 0 bridgehead atoms. The van der Waals surface area contributed by atoms with E-state index in [0.717, 1.165) is 11.1 Å². The highest BCUT2D eigenvalue weighted by Crippen LogP contribution is 2.34. The van der Waals surface area contributed by atoms with Crippen LogP contribution in [0.3, 0.4) is 0 Å². The van der Waals surface area contributed by atoms with Crippen LogP contribution >= 0.6 is 0 Å². The van der Waals surface area contributed by atoms with E-state index in [1.807, 2.05) is 32.0 Å². The molecule has 33 heavy (non-hydrogen) atoms. The van der Waals surface area contributed by atoms with Crippen molar-refractivity contribution in [1.82, 2.24) is 19.2 Å². The van der Waals surface area contributed by atoms with Crippen LogP contribution in [0.25, 0.3) is 0 Å². The molecule has 0 aromatic heterocycles. The van der Waals surface area contributed by atoms with Gasteiger partial charge in [0.25, 0.3) is 0 Å². The first-order valence-electron chi connectivity index (χ1n) is 11.0. The largest absolute Gasteiger partial charge is 0.456 e. The lowest BCUT2D eigenvalue weighted by atomic mass is 10.1. The number of sulfonamides is 2. The first-order chi connectivity index (χ1) is 15.7. The molecule has 2 aromatic rings. The number of nitrogens with one attached hydrogen (secondary N) is 2. The summed E-state index contributed by atoms with van der Waals surface area (Å²) in [6.07, 6.45) is 0. The predicted octanol–water partition coefficient (Wildman–Crippen LogP) is 1.28. The summed E-state index contributed by atoms with van der Waals surface area (Å²) in [4.78, 5) is -0.189. The summed E-state index contributed by atoms with van der Waals surface area (Å²) >= 11 is 0. The van der Waals surface area contributed by atoms with Gasteiger partial charge in [0.1, 0.15) is 16.4 Å². The summed E-state index contributed by atoms with van der Waals surface area (Å²) in [5, 5.41) is 6.27. The van der Waals surface area contributed by atoms with E-state index >= 15 is 0 Å². The Kier molecular flexibility index (Phi) is 7.08. The molecule has 11 heteroatoms. The number of hydrogen-bond donors (Lipinski definition) is 2. The average Bonchev–Trinajstić information content (AvgIpc) is 2.79. The normalized spacial score (nSPS) is 18.8. The van der Waals surface area contributed by atoms with Crippen LogP contribution in [0.4, 0.5) is 0 Å². The van der Waals surface area contributed by atoms with Crippen molar-refractivity contribution in [3.63, 3.8) is 0 Å². The molecule has 0 radical (unpaired) electrons. The van der Waals surface area contributed by atoms with Crippen LogP contribution in [0.1, 0.15) is 11.1 Å². The molecule has 4 rings (SSSR count). The Hall–Kier alpha value is -2.02. The second kappa shape index (κ2) is 9.69. The number of nitrogens with zero attached hydrogens (tertiary/aromatic N) is 2. The van der Waals surface area contributed by atoms with E-state index in [1.54, 1.807) is 0 Å². The highest BCUT2D eigenvalue weighted by Gasteiger charge is 2.33. The number of aryl methyl sites for hydroxylation is 2. The monoisotopic (exact) mass is 494 g/mol. The fraction of sp³-hybridized carbons (Fsp3) is 0.455.